The van der Waals surface area contributed by atoms with Gasteiger partial charge in [-0.15, -0.1) is 0 Å². The summed E-state index contributed by atoms with van der Waals surface area (Å²) in [6.07, 6.45) is 1.90. The van der Waals surface area contributed by atoms with Crippen molar-refractivity contribution in [2.75, 3.05) is 6.61 Å². The number of nitrogens with two attached hydrogens (primary N) is 1. The van der Waals surface area contributed by atoms with Crippen LogP contribution in [-0.4, -0.2) is 17.6 Å². The van der Waals surface area contributed by atoms with Gasteiger partial charge in [-0.05, 0) is 18.1 Å². The van der Waals surface area contributed by atoms with Crippen molar-refractivity contribution in [1.82, 2.24) is 0 Å². The quantitative estimate of drug-likeness (QED) is 0.772. The second-order valence-corrected chi connectivity index (χ2v) is 5.14. The molecule has 0 bridgehead atoms. The maximum Gasteiger partial charge on any atom is 0.258 e. The largest absolute Gasteiger partial charge is 0.493 e. The van der Waals surface area contributed by atoms with Gasteiger partial charge in [0.15, 0.2) is 5.60 Å². The molecule has 4 nitrogen and oxygen atoms in total. The third kappa shape index (κ3) is 3.12. The second-order valence-electron chi connectivity index (χ2n) is 5.14. The minimum absolute atomic E-state index is 0.366. The Morgan fingerprint density at radius 3 is 2.41 bits per heavy atom. The van der Waals surface area contributed by atoms with Crippen molar-refractivity contribution in [3.8, 4) is 5.75 Å². The zero-order valence-corrected chi connectivity index (χ0v) is 12.7. The van der Waals surface area contributed by atoms with Crippen LogP contribution >= 0.6 is 0 Å². The van der Waals surface area contributed by atoms with Gasteiger partial charge >= 0.3 is 0 Å². The van der Waals surface area contributed by atoms with Gasteiger partial charge in [0.1, 0.15) is 5.75 Å². The number of carbonyl (C=O) groups is 1. The highest BCUT2D eigenvalue weighted by molar-refractivity contribution is 5.89. The van der Waals surface area contributed by atoms with Crippen LogP contribution in [-0.2, 0) is 10.4 Å². The molecule has 4 heteroatoms. The van der Waals surface area contributed by atoms with Crippen molar-refractivity contribution in [3.05, 3.63) is 65.7 Å². The summed E-state index contributed by atoms with van der Waals surface area (Å²) in [6, 6.07) is 15.6. The van der Waals surface area contributed by atoms with E-state index in [4.69, 9.17) is 10.5 Å². The molecule has 0 spiro atoms. The van der Waals surface area contributed by atoms with Crippen LogP contribution < -0.4 is 10.5 Å². The number of rotatable bonds is 7. The molecule has 2 rings (SSSR count). The highest BCUT2D eigenvalue weighted by atomic mass is 16.5. The molecule has 2 aromatic carbocycles. The molecule has 0 saturated carbocycles. The molecule has 0 aliphatic carbocycles. The van der Waals surface area contributed by atoms with E-state index in [0.717, 1.165) is 12.8 Å². The molecule has 0 fully saturated rings. The summed E-state index contributed by atoms with van der Waals surface area (Å²) in [5.41, 5.74) is 4.39. The topological polar surface area (TPSA) is 72.6 Å². The predicted molar refractivity (Wildman–Crippen MR) is 85.5 cm³/mol. The SMILES string of the molecule is CCCCOc1ccccc1C(O)(C(N)=O)c1ccccc1. The fourth-order valence-electron chi connectivity index (χ4n) is 2.33. The van der Waals surface area contributed by atoms with Crippen LogP contribution in [0.5, 0.6) is 5.75 Å². The van der Waals surface area contributed by atoms with Gasteiger partial charge in [-0.1, -0.05) is 61.9 Å². The van der Waals surface area contributed by atoms with Crippen molar-refractivity contribution in [3.63, 3.8) is 0 Å². The van der Waals surface area contributed by atoms with Crippen molar-refractivity contribution in [2.24, 2.45) is 5.73 Å². The minimum atomic E-state index is -1.91. The third-order valence-corrected chi connectivity index (χ3v) is 3.58. The van der Waals surface area contributed by atoms with Crippen molar-refractivity contribution < 1.29 is 14.6 Å². The van der Waals surface area contributed by atoms with E-state index in [1.54, 1.807) is 48.5 Å². The molecule has 0 heterocycles. The second kappa shape index (κ2) is 7.09. The zero-order chi connectivity index (χ0) is 16.0. The van der Waals surface area contributed by atoms with E-state index in [1.807, 2.05) is 6.07 Å². The number of benzene rings is 2. The molecular weight excluding hydrogens is 278 g/mol. The highest BCUT2D eigenvalue weighted by Gasteiger charge is 2.40. The number of unbranched alkanes of at least 4 members (excludes halogenated alkanes) is 1. The molecule has 1 unspecified atom stereocenters. The first-order valence-corrected chi connectivity index (χ1v) is 7.40. The van der Waals surface area contributed by atoms with Gasteiger partial charge in [0, 0.05) is 5.56 Å². The number of carbonyl (C=O) groups excluding carboxylic acids is 1. The first kappa shape index (κ1) is 16.0. The van der Waals surface area contributed by atoms with Gasteiger partial charge in [-0.25, -0.2) is 0 Å². The molecule has 2 aromatic rings. The van der Waals surface area contributed by atoms with Crippen LogP contribution in [0, 0.1) is 0 Å². The molecular formula is C18H21NO3. The Balaban J connectivity index is 2.48. The Bertz CT molecular complexity index is 627. The summed E-state index contributed by atoms with van der Waals surface area (Å²) in [4.78, 5) is 12.0. The number of primary amides is 1. The van der Waals surface area contributed by atoms with Gasteiger partial charge in [0.2, 0.25) is 0 Å². The van der Waals surface area contributed by atoms with Crippen molar-refractivity contribution in [2.45, 2.75) is 25.4 Å². The summed E-state index contributed by atoms with van der Waals surface area (Å²) < 4.78 is 5.73. The zero-order valence-electron chi connectivity index (χ0n) is 12.7. The van der Waals surface area contributed by atoms with Crippen LogP contribution in [0.25, 0.3) is 0 Å². The van der Waals surface area contributed by atoms with Crippen LogP contribution in [0.1, 0.15) is 30.9 Å². The van der Waals surface area contributed by atoms with Crippen LogP contribution in [0.3, 0.4) is 0 Å². The first-order chi connectivity index (χ1) is 10.6. The Morgan fingerprint density at radius 2 is 1.77 bits per heavy atom. The van der Waals surface area contributed by atoms with E-state index in [9.17, 15) is 9.90 Å². The third-order valence-electron chi connectivity index (χ3n) is 3.58. The molecule has 3 N–H and O–H groups in total. The van der Waals surface area contributed by atoms with Gasteiger partial charge in [0.05, 0.1) is 6.61 Å². The molecule has 0 aliphatic heterocycles. The van der Waals surface area contributed by atoms with Gasteiger partial charge in [-0.3, -0.25) is 4.79 Å². The molecule has 0 aliphatic rings. The summed E-state index contributed by atoms with van der Waals surface area (Å²) in [7, 11) is 0. The van der Waals surface area contributed by atoms with E-state index >= 15 is 0 Å². The monoisotopic (exact) mass is 299 g/mol. The van der Waals surface area contributed by atoms with Crippen LogP contribution in [0.4, 0.5) is 0 Å². The first-order valence-electron chi connectivity index (χ1n) is 7.40. The van der Waals surface area contributed by atoms with Gasteiger partial charge in [0.25, 0.3) is 5.91 Å². The number of aliphatic hydroxyl groups is 1. The summed E-state index contributed by atoms with van der Waals surface area (Å²) in [5.74, 6) is -0.355. The van der Waals surface area contributed by atoms with E-state index in [0.29, 0.717) is 23.5 Å². The Labute approximate surface area is 130 Å². The Hall–Kier alpha value is -2.33. The lowest BCUT2D eigenvalue weighted by Crippen LogP contribution is -2.42. The lowest BCUT2D eigenvalue weighted by atomic mass is 9.85. The van der Waals surface area contributed by atoms with Crippen LogP contribution in [0.15, 0.2) is 54.6 Å². The fraction of sp³-hybridized carbons (Fsp3) is 0.278. The van der Waals surface area contributed by atoms with Gasteiger partial charge in [-0.2, -0.15) is 0 Å². The summed E-state index contributed by atoms with van der Waals surface area (Å²) in [5, 5.41) is 11.0. The molecule has 0 saturated heterocycles. The van der Waals surface area contributed by atoms with E-state index in [1.165, 1.54) is 0 Å². The van der Waals surface area contributed by atoms with Crippen LogP contribution in [0.2, 0.25) is 0 Å². The number of amides is 1. The molecule has 22 heavy (non-hydrogen) atoms. The van der Waals surface area contributed by atoms with Gasteiger partial charge < -0.3 is 15.6 Å². The maximum atomic E-state index is 12.0. The standard InChI is InChI=1S/C18H21NO3/c1-2-3-13-22-16-12-8-7-11-15(16)18(21,17(19)20)14-9-5-4-6-10-14/h4-12,21H,2-3,13H2,1H3,(H2,19,20). The lowest BCUT2D eigenvalue weighted by molar-refractivity contribution is -0.133. The predicted octanol–water partition coefficient (Wildman–Crippen LogP) is 2.59. The molecule has 1 amide bonds. The molecule has 116 valence electrons. The summed E-state index contributed by atoms with van der Waals surface area (Å²) >= 11 is 0. The maximum absolute atomic E-state index is 12.0. The van der Waals surface area contributed by atoms with Crippen molar-refractivity contribution >= 4 is 5.91 Å². The normalized spacial score (nSPS) is 13.4. The fourth-order valence-corrected chi connectivity index (χ4v) is 2.33. The van der Waals surface area contributed by atoms with E-state index in [-0.39, 0.29) is 0 Å². The van der Waals surface area contributed by atoms with E-state index in [2.05, 4.69) is 6.92 Å². The Morgan fingerprint density at radius 1 is 1.14 bits per heavy atom. The van der Waals surface area contributed by atoms with Crippen molar-refractivity contribution in [1.29, 1.82) is 0 Å². The molecule has 0 radical (unpaired) electrons. The lowest BCUT2D eigenvalue weighted by Gasteiger charge is -2.27. The minimum Gasteiger partial charge on any atom is -0.493 e. The molecule has 0 aromatic heterocycles. The number of para-hydroxylation sites is 1. The smallest absolute Gasteiger partial charge is 0.258 e. The number of hydrogen-bond acceptors (Lipinski definition) is 3. The molecule has 1 atom stereocenters. The highest BCUT2D eigenvalue weighted by Crippen LogP contribution is 2.35. The number of ether oxygens (including phenoxy) is 1. The van der Waals surface area contributed by atoms with E-state index < -0.39 is 11.5 Å². The average molecular weight is 299 g/mol. The average Bonchev–Trinajstić information content (AvgIpc) is 2.55. The summed E-state index contributed by atoms with van der Waals surface area (Å²) in [6.45, 7) is 2.59. The number of hydrogen-bond donors (Lipinski definition) is 2. The Kier molecular flexibility index (Phi) is 5.17.